The van der Waals surface area contributed by atoms with Crippen LogP contribution in [-0.4, -0.2) is 62.4 Å². The third-order valence-electron chi connectivity index (χ3n) is 3.41. The van der Waals surface area contributed by atoms with Crippen LogP contribution in [0.3, 0.4) is 0 Å². The molecule has 1 N–H and O–H groups in total. The van der Waals surface area contributed by atoms with Gasteiger partial charge in [0.05, 0.1) is 6.61 Å². The average Bonchev–Trinajstić information content (AvgIpc) is 2.53. The molecular formula is C14H23IN3O2-. The Hall–Kier alpha value is -0.440. The number of pyridine rings is 1. The van der Waals surface area contributed by atoms with E-state index in [4.69, 9.17) is 9.84 Å². The number of aromatic nitrogens is 1. The fraction of sp³-hybridized carbons (Fsp3) is 0.643. The monoisotopic (exact) mass is 392 g/mol. The van der Waals surface area contributed by atoms with Gasteiger partial charge in [-0.15, -0.1) is 0 Å². The second kappa shape index (κ2) is 8.76. The number of alkyl halides is 1. The molecule has 5 nitrogen and oxygen atoms in total. The molecule has 2 heterocycles. The Labute approximate surface area is 131 Å². The fourth-order valence-electron chi connectivity index (χ4n) is 2.17. The van der Waals surface area contributed by atoms with Crippen LogP contribution in [0.5, 0.6) is 5.88 Å². The molecule has 1 aromatic rings. The molecule has 1 fully saturated rings. The van der Waals surface area contributed by atoms with E-state index in [9.17, 15) is 0 Å². The zero-order valence-corrected chi connectivity index (χ0v) is 14.1. The van der Waals surface area contributed by atoms with Crippen molar-refractivity contribution in [3.63, 3.8) is 0 Å². The molecule has 114 valence electrons. The fourth-order valence-corrected chi connectivity index (χ4v) is 3.57. The Morgan fingerprint density at radius 1 is 1.30 bits per heavy atom. The van der Waals surface area contributed by atoms with Crippen LogP contribution in [0.2, 0.25) is 0 Å². The second-order valence-corrected chi connectivity index (χ2v) is 7.11. The Morgan fingerprint density at radius 2 is 2.10 bits per heavy atom. The molecule has 0 unspecified atom stereocenters. The van der Waals surface area contributed by atoms with Gasteiger partial charge in [-0.25, -0.2) is 0 Å². The molecule has 1 aliphatic heterocycles. The normalized spacial score (nSPS) is 17.5. The standard InChI is InChI=1S/C14H23IN3O2/c1-15-18-8-6-17(7-9-18)5-2-10-20-14-4-3-13(12-19)11-16-14/h3-4,11,19H,2,5-10,12H2,1H3/q-1. The summed E-state index contributed by atoms with van der Waals surface area (Å²) in [6.45, 7) is 6.67. The summed E-state index contributed by atoms with van der Waals surface area (Å²) in [5.41, 5.74) is 0.814. The molecule has 0 atom stereocenters. The molecular weight excluding hydrogens is 369 g/mol. The van der Waals surface area contributed by atoms with Gasteiger partial charge in [0.1, 0.15) is 0 Å². The summed E-state index contributed by atoms with van der Waals surface area (Å²) in [7, 11) is 0. The molecule has 0 aromatic carbocycles. The number of ether oxygens (including phenoxy) is 1. The molecule has 2 rings (SSSR count). The summed E-state index contributed by atoms with van der Waals surface area (Å²) < 4.78 is 8.21. The van der Waals surface area contributed by atoms with Crippen LogP contribution < -0.4 is 26.2 Å². The average molecular weight is 392 g/mol. The number of hydrogen-bond donors (Lipinski definition) is 1. The summed E-state index contributed by atoms with van der Waals surface area (Å²) in [6, 6.07) is 3.66. The molecule has 0 aliphatic carbocycles. The molecule has 0 radical (unpaired) electrons. The Bertz CT molecular complexity index is 381. The van der Waals surface area contributed by atoms with Gasteiger partial charge in [0, 0.05) is 0 Å². The van der Waals surface area contributed by atoms with Crippen molar-refractivity contribution in [3.8, 4) is 5.88 Å². The van der Waals surface area contributed by atoms with Gasteiger partial charge in [-0.05, 0) is 0 Å². The van der Waals surface area contributed by atoms with Crippen LogP contribution >= 0.6 is 0 Å². The van der Waals surface area contributed by atoms with Crippen molar-refractivity contribution >= 4 is 0 Å². The number of piperazine rings is 1. The van der Waals surface area contributed by atoms with E-state index < -0.39 is 0 Å². The van der Waals surface area contributed by atoms with Crippen LogP contribution in [0.25, 0.3) is 0 Å². The van der Waals surface area contributed by atoms with Crippen molar-refractivity contribution in [2.45, 2.75) is 13.0 Å². The van der Waals surface area contributed by atoms with E-state index in [2.05, 4.69) is 17.9 Å². The van der Waals surface area contributed by atoms with Crippen molar-refractivity contribution in [2.75, 3.05) is 44.3 Å². The number of hydrogen-bond acceptors (Lipinski definition) is 5. The first-order valence-electron chi connectivity index (χ1n) is 6.97. The molecule has 0 saturated carbocycles. The zero-order chi connectivity index (χ0) is 14.2. The first-order valence-corrected chi connectivity index (χ1v) is 10.1. The summed E-state index contributed by atoms with van der Waals surface area (Å²) in [4.78, 5) is 9.00. The summed E-state index contributed by atoms with van der Waals surface area (Å²) >= 11 is 0.271. The Morgan fingerprint density at radius 3 is 2.70 bits per heavy atom. The van der Waals surface area contributed by atoms with Gasteiger partial charge in [0.15, 0.2) is 0 Å². The summed E-state index contributed by atoms with van der Waals surface area (Å²) in [6.07, 6.45) is 2.69. The van der Waals surface area contributed by atoms with Gasteiger partial charge in [-0.2, -0.15) is 0 Å². The predicted molar refractivity (Wildman–Crippen MR) is 74.2 cm³/mol. The third kappa shape index (κ3) is 5.16. The topological polar surface area (TPSA) is 48.8 Å². The number of aliphatic hydroxyl groups excluding tert-OH is 1. The SMILES string of the molecule is C[I-]N1CCN(CCCOc2ccc(CO)cn2)CC1. The van der Waals surface area contributed by atoms with Crippen LogP contribution in [0.1, 0.15) is 12.0 Å². The van der Waals surface area contributed by atoms with Crippen molar-refractivity contribution in [2.24, 2.45) is 0 Å². The van der Waals surface area contributed by atoms with Gasteiger partial charge in [0.2, 0.25) is 0 Å². The zero-order valence-electron chi connectivity index (χ0n) is 12.0. The number of aliphatic hydroxyl groups is 1. The van der Waals surface area contributed by atoms with Crippen molar-refractivity contribution in [1.29, 1.82) is 0 Å². The van der Waals surface area contributed by atoms with E-state index in [1.54, 1.807) is 6.20 Å². The van der Waals surface area contributed by atoms with Crippen LogP contribution in [0.15, 0.2) is 18.3 Å². The molecule has 0 spiro atoms. The molecule has 20 heavy (non-hydrogen) atoms. The van der Waals surface area contributed by atoms with E-state index in [0.717, 1.165) is 18.5 Å². The Kier molecular flexibility index (Phi) is 6.98. The van der Waals surface area contributed by atoms with Gasteiger partial charge < -0.3 is 5.11 Å². The molecule has 1 saturated heterocycles. The van der Waals surface area contributed by atoms with Gasteiger partial charge in [0.25, 0.3) is 0 Å². The van der Waals surface area contributed by atoms with Crippen molar-refractivity contribution in [3.05, 3.63) is 23.9 Å². The quantitative estimate of drug-likeness (QED) is 0.243. The van der Waals surface area contributed by atoms with Gasteiger partial charge in [-0.1, -0.05) is 0 Å². The number of halogens is 1. The first-order chi connectivity index (χ1) is 9.81. The van der Waals surface area contributed by atoms with Crippen molar-refractivity contribution in [1.82, 2.24) is 13.0 Å². The van der Waals surface area contributed by atoms with E-state index in [1.165, 1.54) is 26.2 Å². The number of nitrogens with zero attached hydrogens (tertiary/aromatic N) is 3. The van der Waals surface area contributed by atoms with E-state index in [0.29, 0.717) is 12.5 Å². The molecule has 0 amide bonds. The van der Waals surface area contributed by atoms with E-state index >= 15 is 0 Å². The summed E-state index contributed by atoms with van der Waals surface area (Å²) in [5.74, 6) is 0.641. The number of rotatable bonds is 7. The van der Waals surface area contributed by atoms with E-state index in [-0.39, 0.29) is 28.1 Å². The first kappa shape index (κ1) is 15.9. The maximum atomic E-state index is 8.94. The molecule has 1 aliphatic rings. The third-order valence-corrected chi connectivity index (χ3v) is 5.73. The van der Waals surface area contributed by atoms with E-state index in [1.807, 2.05) is 12.1 Å². The molecule has 0 bridgehead atoms. The van der Waals surface area contributed by atoms with Crippen LogP contribution in [0.4, 0.5) is 0 Å². The minimum atomic E-state index is 0.0271. The maximum absolute atomic E-state index is 8.94. The van der Waals surface area contributed by atoms with Crippen molar-refractivity contribution < 1.29 is 31.3 Å². The van der Waals surface area contributed by atoms with Gasteiger partial charge in [-0.3, -0.25) is 0 Å². The predicted octanol–water partition coefficient (Wildman–Crippen LogP) is -2.41. The van der Waals surface area contributed by atoms with Gasteiger partial charge >= 0.3 is 120 Å². The molecule has 1 aromatic heterocycles. The molecule has 6 heteroatoms. The Balaban J connectivity index is 1.59. The van der Waals surface area contributed by atoms with Crippen LogP contribution in [0, 0.1) is 0 Å². The second-order valence-electron chi connectivity index (χ2n) is 4.79. The summed E-state index contributed by atoms with van der Waals surface area (Å²) in [5, 5.41) is 8.94. The van der Waals surface area contributed by atoms with Crippen LogP contribution in [-0.2, 0) is 6.61 Å². The minimum absolute atomic E-state index is 0.0271.